The van der Waals surface area contributed by atoms with Crippen molar-refractivity contribution in [3.05, 3.63) is 124 Å². The van der Waals surface area contributed by atoms with Gasteiger partial charge in [0.1, 0.15) is 17.8 Å². The fourth-order valence-electron chi connectivity index (χ4n) is 5.77. The van der Waals surface area contributed by atoms with E-state index in [-0.39, 0.29) is 50.5 Å². The van der Waals surface area contributed by atoms with Gasteiger partial charge in [0, 0.05) is 48.4 Å². The van der Waals surface area contributed by atoms with Crippen molar-refractivity contribution in [2.75, 3.05) is 11.9 Å². The van der Waals surface area contributed by atoms with E-state index in [1.54, 1.807) is 36.4 Å². The normalized spacial score (nSPS) is 21.0. The molecule has 6 N–H and O–H groups in total. The van der Waals surface area contributed by atoms with Gasteiger partial charge in [0.2, 0.25) is 23.6 Å². The lowest BCUT2D eigenvalue weighted by Gasteiger charge is -2.26. The number of anilines is 1. The number of fused-ring (bicyclic) bond motifs is 18. The molecule has 0 fully saturated rings. The van der Waals surface area contributed by atoms with Gasteiger partial charge in [-0.05, 0) is 65.9 Å². The smallest absolute Gasteiger partial charge is 0.326 e. The molecular formula is C38H40BrN5O7. The summed E-state index contributed by atoms with van der Waals surface area (Å²) in [5.74, 6) is -2.70. The molecule has 0 aliphatic carbocycles. The quantitative estimate of drug-likeness (QED) is 0.155. The van der Waals surface area contributed by atoms with E-state index in [2.05, 4.69) is 42.5 Å². The van der Waals surface area contributed by atoms with Gasteiger partial charge < -0.3 is 36.1 Å². The van der Waals surface area contributed by atoms with Crippen LogP contribution in [0, 0.1) is 0 Å². The molecule has 0 saturated heterocycles. The number of benzene rings is 3. The summed E-state index contributed by atoms with van der Waals surface area (Å²) >= 11 is 3.44. The number of hydrogen-bond donors (Lipinski definition) is 6. The molecule has 2 aliphatic rings. The first-order chi connectivity index (χ1) is 24.6. The second kappa shape index (κ2) is 18.1. The summed E-state index contributed by atoms with van der Waals surface area (Å²) in [5.41, 5.74) is 2.89. The Labute approximate surface area is 303 Å². The second-order valence-electron chi connectivity index (χ2n) is 12.4. The highest BCUT2D eigenvalue weighted by atomic mass is 79.9. The Bertz CT molecular complexity index is 1780. The lowest BCUT2D eigenvalue weighted by atomic mass is 10.0. The first-order valence-corrected chi connectivity index (χ1v) is 17.5. The van der Waals surface area contributed by atoms with Crippen LogP contribution in [-0.4, -0.2) is 65.4 Å². The van der Waals surface area contributed by atoms with Crippen molar-refractivity contribution in [1.29, 1.82) is 0 Å². The Morgan fingerprint density at radius 2 is 1.41 bits per heavy atom. The summed E-state index contributed by atoms with van der Waals surface area (Å²) < 4.78 is 6.36. The van der Waals surface area contributed by atoms with E-state index in [1.807, 2.05) is 54.6 Å². The molecule has 2 aliphatic heterocycles. The van der Waals surface area contributed by atoms with Gasteiger partial charge in [-0.15, -0.1) is 0 Å². The minimum atomic E-state index is -1.31. The zero-order chi connectivity index (χ0) is 36.2. The molecule has 51 heavy (non-hydrogen) atoms. The highest BCUT2D eigenvalue weighted by molar-refractivity contribution is 9.10. The summed E-state index contributed by atoms with van der Waals surface area (Å²) in [5, 5.41) is 24.6. The minimum absolute atomic E-state index is 0.0248. The zero-order valence-electron chi connectivity index (χ0n) is 27.8. The molecule has 3 aromatic carbocycles. The van der Waals surface area contributed by atoms with Crippen molar-refractivity contribution in [2.24, 2.45) is 0 Å². The number of carbonyl (C=O) groups excluding carboxylic acids is 4. The lowest BCUT2D eigenvalue weighted by Crippen LogP contribution is -2.57. The molecule has 13 heteroatoms. The maximum atomic E-state index is 14.1. The maximum absolute atomic E-state index is 14.1. The molecule has 4 unspecified atom stereocenters. The van der Waals surface area contributed by atoms with Crippen molar-refractivity contribution in [3.8, 4) is 0 Å². The molecule has 0 spiro atoms. The van der Waals surface area contributed by atoms with Crippen molar-refractivity contribution in [3.63, 3.8) is 0 Å². The summed E-state index contributed by atoms with van der Waals surface area (Å²) in [6.45, 7) is 0.184. The molecule has 0 saturated carbocycles. The number of nitrogens with one attached hydrogen (secondary N) is 5. The largest absolute Gasteiger partial charge is 0.480 e. The van der Waals surface area contributed by atoms with Crippen LogP contribution in [0.4, 0.5) is 5.69 Å². The van der Waals surface area contributed by atoms with Crippen LogP contribution in [0.3, 0.4) is 0 Å². The van der Waals surface area contributed by atoms with Gasteiger partial charge in [0.25, 0.3) is 0 Å². The Morgan fingerprint density at radius 3 is 2.10 bits per heavy atom. The standard InChI is InChI=1S/C38H40BrN5O7/c39-27-12-8-25(9-13-27)20-31-36(47)43-32(22-30-7-4-18-51-30)37(48)44-33(38(49)50)21-26-10-14-28(15-11-26)41-34(45)16-17-35(46)42-29(23-40-31)19-24-5-2-1-3-6-24/h1-15,18,29,31-33,40H,16-17,19-23H2,(H,41,45)(H,42,46)(H,43,47)(H,44,48)(H,49,50). The van der Waals surface area contributed by atoms with Gasteiger partial charge in [-0.1, -0.05) is 70.5 Å². The van der Waals surface area contributed by atoms with E-state index >= 15 is 0 Å². The molecule has 3 heterocycles. The second-order valence-corrected chi connectivity index (χ2v) is 13.4. The Kier molecular flexibility index (Phi) is 13.1. The third kappa shape index (κ3) is 11.6. The first-order valence-electron chi connectivity index (χ1n) is 16.7. The average molecular weight is 759 g/mol. The molecule has 4 atom stereocenters. The highest BCUT2D eigenvalue weighted by Gasteiger charge is 2.31. The van der Waals surface area contributed by atoms with E-state index in [9.17, 15) is 29.1 Å². The van der Waals surface area contributed by atoms with Crippen molar-refractivity contribution >= 4 is 51.2 Å². The summed E-state index contributed by atoms with van der Waals surface area (Å²) in [4.78, 5) is 66.0. The van der Waals surface area contributed by atoms with Crippen LogP contribution in [0.2, 0.25) is 0 Å². The average Bonchev–Trinajstić information content (AvgIpc) is 3.63. The zero-order valence-corrected chi connectivity index (χ0v) is 29.4. The van der Waals surface area contributed by atoms with Crippen molar-refractivity contribution in [1.82, 2.24) is 21.3 Å². The fourth-order valence-corrected chi connectivity index (χ4v) is 6.03. The van der Waals surface area contributed by atoms with Crippen molar-refractivity contribution in [2.45, 2.75) is 62.7 Å². The molecule has 4 aromatic rings. The van der Waals surface area contributed by atoms with Crippen LogP contribution in [0.1, 0.15) is 35.3 Å². The summed E-state index contributed by atoms with van der Waals surface area (Å²) in [6, 6.07) is 23.2. The van der Waals surface area contributed by atoms with Gasteiger partial charge in [0.15, 0.2) is 0 Å². The molecule has 266 valence electrons. The number of carboxylic acids is 1. The maximum Gasteiger partial charge on any atom is 0.326 e. The van der Waals surface area contributed by atoms with Gasteiger partial charge in [-0.3, -0.25) is 19.2 Å². The predicted molar refractivity (Wildman–Crippen MR) is 194 cm³/mol. The van der Waals surface area contributed by atoms with E-state index in [0.29, 0.717) is 23.4 Å². The fraction of sp³-hybridized carbons (Fsp3) is 0.289. The molecule has 1 aromatic heterocycles. The number of furan rings is 1. The Balaban J connectivity index is 1.46. The van der Waals surface area contributed by atoms with E-state index in [4.69, 9.17) is 4.42 Å². The van der Waals surface area contributed by atoms with Crippen LogP contribution in [0.25, 0.3) is 0 Å². The molecule has 0 radical (unpaired) electrons. The third-order valence-corrected chi connectivity index (χ3v) is 8.99. The van der Waals surface area contributed by atoms with Gasteiger partial charge in [-0.25, -0.2) is 4.79 Å². The number of carbonyl (C=O) groups is 5. The Hall–Kier alpha value is -5.27. The van der Waals surface area contributed by atoms with Gasteiger partial charge >= 0.3 is 5.97 Å². The van der Waals surface area contributed by atoms with Crippen LogP contribution in [-0.2, 0) is 49.7 Å². The number of halogens is 1. The predicted octanol–water partition coefficient (Wildman–Crippen LogP) is 3.54. The van der Waals surface area contributed by atoms with Crippen LogP contribution in [0.5, 0.6) is 0 Å². The number of carboxylic acid groups (broad SMARTS) is 1. The van der Waals surface area contributed by atoms with Crippen LogP contribution >= 0.6 is 15.9 Å². The highest BCUT2D eigenvalue weighted by Crippen LogP contribution is 2.15. The Morgan fingerprint density at radius 1 is 0.725 bits per heavy atom. The number of rotatable bonds is 7. The lowest BCUT2D eigenvalue weighted by molar-refractivity contribution is -0.142. The summed E-state index contributed by atoms with van der Waals surface area (Å²) in [7, 11) is 0. The topological polar surface area (TPSA) is 179 Å². The first kappa shape index (κ1) is 37.0. The summed E-state index contributed by atoms with van der Waals surface area (Å²) in [6.07, 6.45) is 1.96. The van der Waals surface area contributed by atoms with Gasteiger partial charge in [-0.2, -0.15) is 0 Å². The third-order valence-electron chi connectivity index (χ3n) is 8.46. The minimum Gasteiger partial charge on any atom is -0.480 e. The molecule has 6 rings (SSSR count). The molecule has 12 nitrogen and oxygen atoms in total. The number of amides is 4. The molecule has 4 amide bonds. The number of aliphatic carboxylic acids is 1. The monoisotopic (exact) mass is 757 g/mol. The SMILES string of the molecule is O=C1CCC(=O)NC(Cc2ccccc2)CNC(Cc2ccc(Br)cc2)C(=O)NC(Cc2ccco2)C(=O)NC(C(=O)O)Cc2ccc(cc2)N1. The van der Waals surface area contributed by atoms with E-state index in [0.717, 1.165) is 15.6 Å². The van der Waals surface area contributed by atoms with Crippen molar-refractivity contribution < 1.29 is 33.5 Å². The van der Waals surface area contributed by atoms with E-state index < -0.39 is 42.0 Å². The van der Waals surface area contributed by atoms with Gasteiger partial charge in [0.05, 0.1) is 12.3 Å². The molecular weight excluding hydrogens is 718 g/mol. The number of hydrogen-bond acceptors (Lipinski definition) is 7. The molecule has 2 bridgehead atoms. The van der Waals surface area contributed by atoms with Crippen LogP contribution in [0.15, 0.2) is 106 Å². The van der Waals surface area contributed by atoms with E-state index in [1.165, 1.54) is 6.26 Å². The van der Waals surface area contributed by atoms with Crippen LogP contribution < -0.4 is 26.6 Å².